The molecule has 2 aromatic rings. The topological polar surface area (TPSA) is 78.2 Å². The highest BCUT2D eigenvalue weighted by atomic mass is 79.9. The molecule has 0 spiro atoms. The monoisotopic (exact) mass is 363 g/mol. The summed E-state index contributed by atoms with van der Waals surface area (Å²) in [5, 5.41) is 10.9. The molecule has 2 rings (SSSR count). The summed E-state index contributed by atoms with van der Waals surface area (Å²) in [6, 6.07) is 1.97. The molecular weight excluding hydrogens is 359 g/mol. The lowest BCUT2D eigenvalue weighted by Gasteiger charge is -2.09. The van der Waals surface area contributed by atoms with Crippen LogP contribution in [0.15, 0.2) is 35.2 Å². The zero-order valence-corrected chi connectivity index (χ0v) is 11.6. The van der Waals surface area contributed by atoms with E-state index in [-0.39, 0.29) is 11.6 Å². The van der Waals surface area contributed by atoms with Gasteiger partial charge in [0.1, 0.15) is 6.33 Å². The third-order valence-electron chi connectivity index (χ3n) is 2.32. The maximum Gasteiger partial charge on any atom is 0.416 e. The van der Waals surface area contributed by atoms with E-state index < -0.39 is 22.4 Å². The fraction of sp³-hybridized carbons (Fsp3) is 0.0909. The second-order valence-corrected chi connectivity index (χ2v) is 4.57. The van der Waals surface area contributed by atoms with Gasteiger partial charge in [-0.05, 0) is 28.1 Å². The van der Waals surface area contributed by atoms with Crippen molar-refractivity contribution < 1.29 is 22.8 Å². The van der Waals surface area contributed by atoms with Crippen LogP contribution in [0.1, 0.15) is 5.56 Å². The van der Waals surface area contributed by atoms with E-state index >= 15 is 0 Å². The van der Waals surface area contributed by atoms with Crippen LogP contribution in [0.2, 0.25) is 0 Å². The van der Waals surface area contributed by atoms with Crippen molar-refractivity contribution in [3.05, 3.63) is 50.9 Å². The van der Waals surface area contributed by atoms with Crippen molar-refractivity contribution in [2.24, 2.45) is 0 Å². The number of aromatic nitrogens is 2. The number of alkyl halides is 3. The summed E-state index contributed by atoms with van der Waals surface area (Å²) in [4.78, 5) is 17.3. The number of hydrogen-bond acceptors (Lipinski definition) is 5. The Labute approximate surface area is 123 Å². The molecule has 10 heteroatoms. The van der Waals surface area contributed by atoms with E-state index in [1.165, 1.54) is 6.20 Å². The summed E-state index contributed by atoms with van der Waals surface area (Å²) >= 11 is 3.06. The minimum Gasteiger partial charge on any atom is -0.431 e. The van der Waals surface area contributed by atoms with Gasteiger partial charge in [-0.3, -0.25) is 10.1 Å². The molecular formula is C11H5BrF3N3O3. The largest absolute Gasteiger partial charge is 0.431 e. The Morgan fingerprint density at radius 1 is 1.33 bits per heavy atom. The van der Waals surface area contributed by atoms with Gasteiger partial charge in [0, 0.05) is 12.3 Å². The molecule has 1 aromatic heterocycles. The van der Waals surface area contributed by atoms with Gasteiger partial charge in [0.05, 0.1) is 15.0 Å². The number of nitro groups is 1. The van der Waals surface area contributed by atoms with E-state index in [2.05, 4.69) is 25.9 Å². The van der Waals surface area contributed by atoms with E-state index in [4.69, 9.17) is 4.74 Å². The van der Waals surface area contributed by atoms with Crippen LogP contribution in [0, 0.1) is 10.1 Å². The number of nitrogens with zero attached hydrogens (tertiary/aromatic N) is 3. The molecule has 0 radical (unpaired) electrons. The Bertz CT molecular complexity index is 694. The van der Waals surface area contributed by atoms with Crippen molar-refractivity contribution in [2.45, 2.75) is 6.18 Å². The summed E-state index contributed by atoms with van der Waals surface area (Å²) in [5.74, 6) is -0.403. The average Bonchev–Trinajstić information content (AvgIpc) is 2.40. The lowest BCUT2D eigenvalue weighted by atomic mass is 10.2. The normalized spacial score (nSPS) is 11.2. The fourth-order valence-electron chi connectivity index (χ4n) is 1.40. The molecule has 1 heterocycles. The fourth-order valence-corrected chi connectivity index (χ4v) is 1.70. The van der Waals surface area contributed by atoms with Gasteiger partial charge in [0.25, 0.3) is 0 Å². The molecule has 0 aliphatic rings. The number of ether oxygens (including phenoxy) is 1. The van der Waals surface area contributed by atoms with Gasteiger partial charge in [0.15, 0.2) is 0 Å². The van der Waals surface area contributed by atoms with Crippen LogP contribution in [0.25, 0.3) is 0 Å². The molecule has 21 heavy (non-hydrogen) atoms. The second-order valence-electron chi connectivity index (χ2n) is 3.72. The Morgan fingerprint density at radius 3 is 2.62 bits per heavy atom. The Hall–Kier alpha value is -2.23. The first-order valence-electron chi connectivity index (χ1n) is 5.28. The molecule has 0 saturated carbocycles. The Balaban J connectivity index is 2.45. The first-order valence-corrected chi connectivity index (χ1v) is 6.07. The van der Waals surface area contributed by atoms with Crippen molar-refractivity contribution in [2.75, 3.05) is 0 Å². The third kappa shape index (κ3) is 3.45. The molecule has 0 fully saturated rings. The quantitative estimate of drug-likeness (QED) is 0.609. The van der Waals surface area contributed by atoms with Gasteiger partial charge in [-0.15, -0.1) is 0 Å². The third-order valence-corrected chi connectivity index (χ3v) is 2.87. The van der Waals surface area contributed by atoms with Crippen LogP contribution in [-0.4, -0.2) is 14.9 Å². The maximum absolute atomic E-state index is 12.6. The number of rotatable bonds is 3. The zero-order chi connectivity index (χ0) is 15.6. The van der Waals surface area contributed by atoms with E-state index in [9.17, 15) is 23.3 Å². The lowest BCUT2D eigenvalue weighted by molar-refractivity contribution is -0.385. The van der Waals surface area contributed by atoms with Gasteiger partial charge in [-0.1, -0.05) is 0 Å². The molecule has 1 aromatic carbocycles. The Kier molecular flexibility index (Phi) is 4.07. The highest BCUT2D eigenvalue weighted by Crippen LogP contribution is 2.38. The van der Waals surface area contributed by atoms with Crippen LogP contribution in [0.4, 0.5) is 18.9 Å². The molecule has 0 N–H and O–H groups in total. The maximum atomic E-state index is 12.6. The molecule has 0 bridgehead atoms. The van der Waals surface area contributed by atoms with Crippen molar-refractivity contribution in [1.82, 2.24) is 9.97 Å². The van der Waals surface area contributed by atoms with Crippen LogP contribution in [0.3, 0.4) is 0 Å². The van der Waals surface area contributed by atoms with E-state index in [0.717, 1.165) is 12.4 Å². The number of halogens is 4. The summed E-state index contributed by atoms with van der Waals surface area (Å²) in [6.07, 6.45) is -2.22. The van der Waals surface area contributed by atoms with Crippen molar-refractivity contribution in [1.29, 1.82) is 0 Å². The van der Waals surface area contributed by atoms with Crippen LogP contribution >= 0.6 is 15.9 Å². The predicted octanol–water partition coefficient (Wildman–Crippen LogP) is 3.96. The van der Waals surface area contributed by atoms with Crippen molar-refractivity contribution >= 4 is 21.6 Å². The van der Waals surface area contributed by atoms with Crippen molar-refractivity contribution in [3.8, 4) is 11.6 Å². The zero-order valence-electron chi connectivity index (χ0n) is 9.96. The first-order chi connectivity index (χ1) is 9.79. The minimum atomic E-state index is -4.68. The van der Waals surface area contributed by atoms with Crippen LogP contribution < -0.4 is 4.74 Å². The van der Waals surface area contributed by atoms with E-state index in [1.807, 2.05) is 0 Å². The minimum absolute atomic E-state index is 0.0483. The highest BCUT2D eigenvalue weighted by Gasteiger charge is 2.33. The van der Waals surface area contributed by atoms with Gasteiger partial charge in [-0.2, -0.15) is 13.2 Å². The molecule has 0 unspecified atom stereocenters. The van der Waals surface area contributed by atoms with E-state index in [0.29, 0.717) is 16.6 Å². The van der Waals surface area contributed by atoms with Gasteiger partial charge >= 0.3 is 11.9 Å². The summed E-state index contributed by atoms with van der Waals surface area (Å²) in [6.45, 7) is 0. The van der Waals surface area contributed by atoms with Crippen LogP contribution in [-0.2, 0) is 6.18 Å². The number of benzene rings is 1. The number of nitro benzene ring substituents is 1. The van der Waals surface area contributed by atoms with Crippen LogP contribution in [0.5, 0.6) is 11.6 Å². The molecule has 0 saturated heterocycles. The SMILES string of the molecule is O=[N+]([O-])c1cc(C(F)(F)F)ccc1Oc1ncncc1Br. The smallest absolute Gasteiger partial charge is 0.416 e. The molecule has 110 valence electrons. The van der Waals surface area contributed by atoms with Gasteiger partial charge in [0.2, 0.25) is 11.6 Å². The van der Waals surface area contributed by atoms with E-state index in [1.54, 1.807) is 0 Å². The highest BCUT2D eigenvalue weighted by molar-refractivity contribution is 9.10. The summed E-state index contributed by atoms with van der Waals surface area (Å²) in [7, 11) is 0. The molecule has 0 atom stereocenters. The lowest BCUT2D eigenvalue weighted by Crippen LogP contribution is -2.06. The number of hydrogen-bond donors (Lipinski definition) is 0. The summed E-state index contributed by atoms with van der Waals surface area (Å²) in [5.41, 5.74) is -1.95. The van der Waals surface area contributed by atoms with Crippen molar-refractivity contribution in [3.63, 3.8) is 0 Å². The molecule has 0 amide bonds. The average molecular weight is 364 g/mol. The van der Waals surface area contributed by atoms with Gasteiger partial charge < -0.3 is 4.74 Å². The Morgan fingerprint density at radius 2 is 2.05 bits per heavy atom. The summed E-state index contributed by atoms with van der Waals surface area (Å²) < 4.78 is 43.2. The first kappa shape index (κ1) is 15.2. The molecule has 0 aliphatic heterocycles. The predicted molar refractivity (Wildman–Crippen MR) is 67.9 cm³/mol. The molecule has 0 aliphatic carbocycles. The second kappa shape index (κ2) is 5.64. The molecule has 6 nitrogen and oxygen atoms in total. The van der Waals surface area contributed by atoms with Gasteiger partial charge in [-0.25, -0.2) is 9.97 Å². The standard InChI is InChI=1S/C11H5BrF3N3O3/c12-7-4-16-5-17-10(7)21-9-2-1-6(11(13,14)15)3-8(9)18(19)20/h1-5H.